The van der Waals surface area contributed by atoms with E-state index in [4.69, 9.17) is 4.98 Å². The lowest BCUT2D eigenvalue weighted by atomic mass is 9.90. The van der Waals surface area contributed by atoms with Crippen LogP contribution in [0.15, 0.2) is 60.2 Å². The molecule has 3 aliphatic heterocycles. The molecule has 206 valence electrons. The molecule has 7 rings (SSSR count). The third-order valence-electron chi connectivity index (χ3n) is 8.37. The summed E-state index contributed by atoms with van der Waals surface area (Å²) in [6.45, 7) is 2.42. The minimum absolute atomic E-state index is 0.103. The second-order valence-electron chi connectivity index (χ2n) is 10.8. The van der Waals surface area contributed by atoms with Crippen molar-refractivity contribution >= 4 is 45.2 Å². The van der Waals surface area contributed by atoms with Crippen LogP contribution >= 0.6 is 11.3 Å². The van der Waals surface area contributed by atoms with E-state index in [1.807, 2.05) is 12.1 Å². The normalized spacial score (nSPS) is 20.1. The number of thiophene rings is 1. The molecule has 41 heavy (non-hydrogen) atoms. The fourth-order valence-electron chi connectivity index (χ4n) is 6.28. The van der Waals surface area contributed by atoms with Gasteiger partial charge in [-0.25, -0.2) is 9.97 Å². The summed E-state index contributed by atoms with van der Waals surface area (Å²) >= 11 is 1.66. The minimum Gasteiger partial charge on any atom is -0.299 e. The summed E-state index contributed by atoms with van der Waals surface area (Å²) in [6, 6.07) is 14.8. The zero-order valence-corrected chi connectivity index (χ0v) is 23.0. The van der Waals surface area contributed by atoms with Gasteiger partial charge in [0.2, 0.25) is 11.8 Å². The molecule has 0 radical (unpaired) electrons. The average molecular weight is 566 g/mol. The predicted molar refractivity (Wildman–Crippen MR) is 153 cm³/mol. The maximum Gasteiger partial charge on any atom is 0.262 e. The summed E-state index contributed by atoms with van der Waals surface area (Å²) in [5.74, 6) is -1.61. The zero-order valence-electron chi connectivity index (χ0n) is 22.2. The highest BCUT2D eigenvalue weighted by atomic mass is 32.1. The van der Waals surface area contributed by atoms with Crippen LogP contribution in [0, 0.1) is 0 Å². The number of aromatic nitrogens is 2. The molecule has 9 nitrogen and oxygen atoms in total. The average Bonchev–Trinajstić information content (AvgIpc) is 3.53. The van der Waals surface area contributed by atoms with Gasteiger partial charge in [-0.1, -0.05) is 36.4 Å². The molecule has 5 heterocycles. The number of carbonyl (C=O) groups excluding carboxylic acids is 4. The smallest absolute Gasteiger partial charge is 0.262 e. The van der Waals surface area contributed by atoms with Crippen molar-refractivity contribution in [3.8, 4) is 11.1 Å². The quantitative estimate of drug-likeness (QED) is 0.362. The van der Waals surface area contributed by atoms with Gasteiger partial charge in [0, 0.05) is 35.2 Å². The Hall–Kier alpha value is -4.28. The lowest BCUT2D eigenvalue weighted by molar-refractivity contribution is -0.136. The number of nitrogens with one attached hydrogen (secondary N) is 1. The van der Waals surface area contributed by atoms with Gasteiger partial charge in [0.25, 0.3) is 11.8 Å². The van der Waals surface area contributed by atoms with Gasteiger partial charge in [-0.3, -0.25) is 34.3 Å². The third kappa shape index (κ3) is 4.53. The molecule has 10 heteroatoms. The van der Waals surface area contributed by atoms with E-state index in [9.17, 15) is 19.2 Å². The molecule has 0 spiro atoms. The Kier molecular flexibility index (Phi) is 6.44. The van der Waals surface area contributed by atoms with E-state index in [0.717, 1.165) is 52.3 Å². The van der Waals surface area contributed by atoms with E-state index in [-0.39, 0.29) is 18.7 Å². The molecule has 0 aliphatic carbocycles. The van der Waals surface area contributed by atoms with Crippen LogP contribution in [0.1, 0.15) is 63.6 Å². The molecule has 2 saturated heterocycles. The Morgan fingerprint density at radius 1 is 0.878 bits per heavy atom. The Balaban J connectivity index is 1.05. The molecule has 1 unspecified atom stereocenters. The fraction of sp³-hybridized carbons (Fsp3) is 0.290. The van der Waals surface area contributed by atoms with Crippen molar-refractivity contribution in [1.82, 2.24) is 25.1 Å². The molecule has 2 aromatic carbocycles. The maximum absolute atomic E-state index is 13.2. The molecule has 4 aromatic rings. The molecule has 0 bridgehead atoms. The Morgan fingerprint density at radius 3 is 2.44 bits per heavy atom. The molecular formula is C31H27N5O4S. The monoisotopic (exact) mass is 565 g/mol. The summed E-state index contributed by atoms with van der Waals surface area (Å²) < 4.78 is 0. The molecular weight excluding hydrogens is 538 g/mol. The van der Waals surface area contributed by atoms with Crippen LogP contribution in [-0.4, -0.2) is 62.5 Å². The number of hydrogen-bond acceptors (Lipinski definition) is 8. The molecule has 2 fully saturated rings. The summed E-state index contributed by atoms with van der Waals surface area (Å²) in [4.78, 5) is 63.8. The fourth-order valence-corrected chi connectivity index (χ4v) is 7.20. The first kappa shape index (κ1) is 25.7. The van der Waals surface area contributed by atoms with Crippen molar-refractivity contribution in [2.24, 2.45) is 0 Å². The zero-order chi connectivity index (χ0) is 28.1. The Bertz CT molecular complexity index is 1710. The molecule has 2 aromatic heterocycles. The van der Waals surface area contributed by atoms with Gasteiger partial charge in [0.05, 0.1) is 16.8 Å². The second-order valence-corrected chi connectivity index (χ2v) is 11.7. The van der Waals surface area contributed by atoms with Crippen molar-refractivity contribution in [2.75, 3.05) is 13.1 Å². The highest BCUT2D eigenvalue weighted by molar-refractivity contribution is 7.17. The van der Waals surface area contributed by atoms with Crippen LogP contribution in [0.5, 0.6) is 0 Å². The number of carbonyl (C=O) groups is 4. The maximum atomic E-state index is 13.2. The third-order valence-corrected chi connectivity index (χ3v) is 9.26. The standard InChI is InChI=1S/C31H27N5O4S/c37-25-9-8-24(28(38)34-25)36-30(39)21-7-6-18(14-22(21)31(36)40)15-35-12-10-20(11-13-35)27-26-23(19-4-2-1-3-5-19)16-41-29(26)33-17-32-27/h1-7,14,16-17,20,24H,8-13,15H2,(H,34,37,38). The van der Waals surface area contributed by atoms with Gasteiger partial charge in [0.1, 0.15) is 17.2 Å². The largest absolute Gasteiger partial charge is 0.299 e. The van der Waals surface area contributed by atoms with E-state index >= 15 is 0 Å². The van der Waals surface area contributed by atoms with Crippen molar-refractivity contribution in [2.45, 2.75) is 44.2 Å². The van der Waals surface area contributed by atoms with Gasteiger partial charge in [0.15, 0.2) is 0 Å². The number of rotatable bonds is 5. The van der Waals surface area contributed by atoms with E-state index in [0.29, 0.717) is 23.6 Å². The number of amides is 4. The van der Waals surface area contributed by atoms with Crippen molar-refractivity contribution in [3.63, 3.8) is 0 Å². The van der Waals surface area contributed by atoms with Gasteiger partial charge < -0.3 is 0 Å². The topological polar surface area (TPSA) is 113 Å². The molecule has 1 N–H and O–H groups in total. The van der Waals surface area contributed by atoms with Crippen molar-refractivity contribution in [3.05, 3.63) is 82.6 Å². The van der Waals surface area contributed by atoms with E-state index in [1.54, 1.807) is 29.8 Å². The van der Waals surface area contributed by atoms with Crippen LogP contribution in [0.2, 0.25) is 0 Å². The first-order valence-electron chi connectivity index (χ1n) is 13.8. The number of hydrogen-bond donors (Lipinski definition) is 1. The lowest BCUT2D eigenvalue weighted by Crippen LogP contribution is -2.54. The highest BCUT2D eigenvalue weighted by Crippen LogP contribution is 2.39. The number of imide groups is 2. The Labute approximate surface area is 240 Å². The molecule has 1 atom stereocenters. The summed E-state index contributed by atoms with van der Waals surface area (Å²) in [5.41, 5.74) is 5.05. The summed E-state index contributed by atoms with van der Waals surface area (Å²) in [5, 5.41) is 5.57. The number of benzene rings is 2. The lowest BCUT2D eigenvalue weighted by Gasteiger charge is -2.32. The first-order valence-corrected chi connectivity index (χ1v) is 14.7. The van der Waals surface area contributed by atoms with E-state index < -0.39 is 23.8 Å². The Morgan fingerprint density at radius 2 is 1.66 bits per heavy atom. The van der Waals surface area contributed by atoms with Gasteiger partial charge in [-0.05, 0) is 55.6 Å². The van der Waals surface area contributed by atoms with Crippen LogP contribution in [0.3, 0.4) is 0 Å². The van der Waals surface area contributed by atoms with Crippen molar-refractivity contribution < 1.29 is 19.2 Å². The van der Waals surface area contributed by atoms with Crippen LogP contribution < -0.4 is 5.32 Å². The van der Waals surface area contributed by atoms with E-state index in [2.05, 4.69) is 44.8 Å². The van der Waals surface area contributed by atoms with Crippen LogP contribution in [0.4, 0.5) is 0 Å². The van der Waals surface area contributed by atoms with Gasteiger partial charge in [-0.2, -0.15) is 0 Å². The van der Waals surface area contributed by atoms with Crippen LogP contribution in [0.25, 0.3) is 21.3 Å². The summed E-state index contributed by atoms with van der Waals surface area (Å²) in [7, 11) is 0. The number of likely N-dealkylation sites (tertiary alicyclic amines) is 1. The molecule has 4 amide bonds. The van der Waals surface area contributed by atoms with Gasteiger partial charge >= 0.3 is 0 Å². The highest BCUT2D eigenvalue weighted by Gasteiger charge is 2.44. The van der Waals surface area contributed by atoms with E-state index in [1.165, 1.54) is 11.1 Å². The predicted octanol–water partition coefficient (Wildman–Crippen LogP) is 4.14. The van der Waals surface area contributed by atoms with Crippen molar-refractivity contribution in [1.29, 1.82) is 0 Å². The minimum atomic E-state index is -0.957. The first-order chi connectivity index (χ1) is 20.0. The number of piperidine rings is 2. The molecule has 0 saturated carbocycles. The SMILES string of the molecule is O=C1CCC(N2C(=O)c3ccc(CN4CCC(c5ncnc6scc(-c7ccccc7)c56)CC4)cc3C2=O)C(=O)N1. The van der Waals surface area contributed by atoms with Gasteiger partial charge in [-0.15, -0.1) is 11.3 Å². The second kappa shape index (κ2) is 10.3. The summed E-state index contributed by atoms with van der Waals surface area (Å²) in [6.07, 6.45) is 3.85. The molecule has 3 aliphatic rings. The van der Waals surface area contributed by atoms with Crippen LogP contribution in [-0.2, 0) is 16.1 Å². The number of fused-ring (bicyclic) bond motifs is 2. The number of nitrogens with zero attached hydrogens (tertiary/aromatic N) is 4.